The van der Waals surface area contributed by atoms with Gasteiger partial charge in [-0.2, -0.15) is 0 Å². The van der Waals surface area contributed by atoms with Crippen molar-refractivity contribution in [1.82, 2.24) is 5.32 Å². The highest BCUT2D eigenvalue weighted by molar-refractivity contribution is 8.00. The molecule has 0 aliphatic carbocycles. The molecule has 7 heteroatoms. The Hall–Kier alpha value is -2.67. The SMILES string of the molecule is CCC(C)C(=O)Nc1cccc(CNC(=O)CSc2ccc3c(c2)OCCO3)c1. The Kier molecular flexibility index (Phi) is 7.41. The Morgan fingerprint density at radius 2 is 1.90 bits per heavy atom. The highest BCUT2D eigenvalue weighted by atomic mass is 32.2. The summed E-state index contributed by atoms with van der Waals surface area (Å²) in [5.41, 5.74) is 1.68. The van der Waals surface area contributed by atoms with Gasteiger partial charge in [0.15, 0.2) is 11.5 Å². The van der Waals surface area contributed by atoms with Gasteiger partial charge < -0.3 is 20.1 Å². The van der Waals surface area contributed by atoms with E-state index in [1.165, 1.54) is 11.8 Å². The fourth-order valence-electron chi connectivity index (χ4n) is 2.72. The van der Waals surface area contributed by atoms with E-state index in [1.54, 1.807) is 0 Å². The third kappa shape index (κ3) is 6.15. The first-order valence-electron chi connectivity index (χ1n) is 9.74. The van der Waals surface area contributed by atoms with Crippen LogP contribution in [0.4, 0.5) is 5.69 Å². The molecule has 1 aliphatic rings. The van der Waals surface area contributed by atoms with Crippen molar-refractivity contribution >= 4 is 29.3 Å². The molecule has 0 radical (unpaired) electrons. The number of ether oxygens (including phenoxy) is 2. The van der Waals surface area contributed by atoms with E-state index in [4.69, 9.17) is 9.47 Å². The van der Waals surface area contributed by atoms with Gasteiger partial charge in [0.05, 0.1) is 5.75 Å². The summed E-state index contributed by atoms with van der Waals surface area (Å²) in [5, 5.41) is 5.83. The minimum atomic E-state index is -0.0565. The van der Waals surface area contributed by atoms with Crippen LogP contribution in [0.3, 0.4) is 0 Å². The maximum atomic E-state index is 12.2. The molecular weight excluding hydrogens is 388 g/mol. The van der Waals surface area contributed by atoms with Crippen LogP contribution >= 0.6 is 11.8 Å². The van der Waals surface area contributed by atoms with Crippen LogP contribution in [0.25, 0.3) is 0 Å². The van der Waals surface area contributed by atoms with Crippen molar-refractivity contribution in [3.63, 3.8) is 0 Å². The lowest BCUT2D eigenvalue weighted by Gasteiger charge is -2.18. The number of anilines is 1. The van der Waals surface area contributed by atoms with Crippen molar-refractivity contribution in [2.45, 2.75) is 31.7 Å². The molecule has 0 fully saturated rings. The van der Waals surface area contributed by atoms with Gasteiger partial charge in [0, 0.05) is 23.0 Å². The van der Waals surface area contributed by atoms with Crippen molar-refractivity contribution < 1.29 is 19.1 Å². The normalized spacial score (nSPS) is 13.4. The lowest BCUT2D eigenvalue weighted by molar-refractivity contribution is -0.120. The molecule has 154 valence electrons. The van der Waals surface area contributed by atoms with Gasteiger partial charge in [0.1, 0.15) is 13.2 Å². The van der Waals surface area contributed by atoms with Gasteiger partial charge in [-0.3, -0.25) is 9.59 Å². The number of carbonyl (C=O) groups excluding carboxylic acids is 2. The van der Waals surface area contributed by atoms with E-state index in [-0.39, 0.29) is 17.7 Å². The number of benzene rings is 2. The van der Waals surface area contributed by atoms with Crippen molar-refractivity contribution in [2.75, 3.05) is 24.3 Å². The van der Waals surface area contributed by atoms with Crippen LogP contribution in [0.2, 0.25) is 0 Å². The zero-order chi connectivity index (χ0) is 20.6. The molecule has 2 aromatic carbocycles. The summed E-state index contributed by atoms with van der Waals surface area (Å²) in [6.07, 6.45) is 0.794. The number of rotatable bonds is 8. The first-order valence-corrected chi connectivity index (χ1v) is 10.7. The summed E-state index contributed by atoms with van der Waals surface area (Å²) in [6, 6.07) is 13.2. The maximum Gasteiger partial charge on any atom is 0.230 e. The van der Waals surface area contributed by atoms with Gasteiger partial charge in [-0.1, -0.05) is 26.0 Å². The molecule has 0 spiro atoms. The van der Waals surface area contributed by atoms with Crippen molar-refractivity contribution in [2.24, 2.45) is 5.92 Å². The van der Waals surface area contributed by atoms with Crippen molar-refractivity contribution in [3.8, 4) is 11.5 Å². The van der Waals surface area contributed by atoms with Crippen LogP contribution in [0.1, 0.15) is 25.8 Å². The molecule has 2 aromatic rings. The van der Waals surface area contributed by atoms with Crippen LogP contribution in [-0.2, 0) is 16.1 Å². The van der Waals surface area contributed by atoms with Gasteiger partial charge in [-0.15, -0.1) is 11.8 Å². The Bertz CT molecular complexity index is 872. The fourth-order valence-corrected chi connectivity index (χ4v) is 3.48. The van der Waals surface area contributed by atoms with Crippen molar-refractivity contribution in [3.05, 3.63) is 48.0 Å². The topological polar surface area (TPSA) is 76.7 Å². The second-order valence-electron chi connectivity index (χ2n) is 6.87. The lowest BCUT2D eigenvalue weighted by Crippen LogP contribution is -2.24. The zero-order valence-electron chi connectivity index (χ0n) is 16.7. The molecule has 1 atom stereocenters. The van der Waals surface area contributed by atoms with Crippen LogP contribution in [0.15, 0.2) is 47.4 Å². The summed E-state index contributed by atoms with van der Waals surface area (Å²) < 4.78 is 11.1. The Morgan fingerprint density at radius 3 is 2.69 bits per heavy atom. The van der Waals surface area contributed by atoms with Crippen molar-refractivity contribution in [1.29, 1.82) is 0 Å². The number of nitrogens with one attached hydrogen (secondary N) is 2. The Balaban J connectivity index is 1.47. The number of amides is 2. The summed E-state index contributed by atoms with van der Waals surface area (Å²) >= 11 is 1.45. The number of carbonyl (C=O) groups is 2. The van der Waals surface area contributed by atoms with Gasteiger partial charge in [-0.05, 0) is 42.3 Å². The lowest BCUT2D eigenvalue weighted by atomic mass is 10.1. The highest BCUT2D eigenvalue weighted by Crippen LogP contribution is 2.34. The first kappa shape index (κ1) is 21.0. The van der Waals surface area contributed by atoms with Gasteiger partial charge in [0.25, 0.3) is 0 Å². The molecule has 3 rings (SSSR count). The third-order valence-electron chi connectivity index (χ3n) is 4.63. The molecule has 1 heterocycles. The van der Waals surface area contributed by atoms with E-state index in [2.05, 4.69) is 10.6 Å². The number of hydrogen-bond donors (Lipinski definition) is 2. The van der Waals surface area contributed by atoms with Crippen LogP contribution in [-0.4, -0.2) is 30.8 Å². The molecular formula is C22H26N2O4S. The quantitative estimate of drug-likeness (QED) is 0.642. The molecule has 2 N–H and O–H groups in total. The summed E-state index contributed by atoms with van der Waals surface area (Å²) in [5.74, 6) is 1.69. The van der Waals surface area contributed by atoms with Gasteiger partial charge >= 0.3 is 0 Å². The molecule has 2 amide bonds. The Morgan fingerprint density at radius 1 is 1.10 bits per heavy atom. The largest absolute Gasteiger partial charge is 0.486 e. The molecule has 1 unspecified atom stereocenters. The fraction of sp³-hybridized carbons (Fsp3) is 0.364. The summed E-state index contributed by atoms with van der Waals surface area (Å²) in [7, 11) is 0. The van der Waals surface area contributed by atoms with Crippen LogP contribution < -0.4 is 20.1 Å². The van der Waals surface area contributed by atoms with Gasteiger partial charge in [0.2, 0.25) is 11.8 Å². The smallest absolute Gasteiger partial charge is 0.230 e. The van der Waals surface area contributed by atoms with E-state index >= 15 is 0 Å². The van der Waals surface area contributed by atoms with E-state index in [9.17, 15) is 9.59 Å². The van der Waals surface area contributed by atoms with E-state index in [0.29, 0.717) is 25.5 Å². The average Bonchev–Trinajstić information content (AvgIpc) is 2.75. The minimum Gasteiger partial charge on any atom is -0.486 e. The molecule has 6 nitrogen and oxygen atoms in total. The zero-order valence-corrected chi connectivity index (χ0v) is 17.5. The number of hydrogen-bond acceptors (Lipinski definition) is 5. The molecule has 0 saturated heterocycles. The number of fused-ring (bicyclic) bond motifs is 1. The van der Waals surface area contributed by atoms with Crippen LogP contribution in [0.5, 0.6) is 11.5 Å². The first-order chi connectivity index (χ1) is 14.0. The molecule has 0 aromatic heterocycles. The van der Waals surface area contributed by atoms with Crippen LogP contribution in [0, 0.1) is 5.92 Å². The molecule has 29 heavy (non-hydrogen) atoms. The van der Waals surface area contributed by atoms with Gasteiger partial charge in [-0.25, -0.2) is 0 Å². The molecule has 0 bridgehead atoms. The average molecular weight is 415 g/mol. The predicted molar refractivity (Wildman–Crippen MR) is 115 cm³/mol. The summed E-state index contributed by atoms with van der Waals surface area (Å²) in [6.45, 7) is 5.40. The minimum absolute atomic E-state index is 0.00418. The second-order valence-corrected chi connectivity index (χ2v) is 7.92. The summed E-state index contributed by atoms with van der Waals surface area (Å²) in [4.78, 5) is 25.2. The monoisotopic (exact) mass is 414 g/mol. The predicted octanol–water partition coefficient (Wildman–Crippen LogP) is 3.85. The van der Waals surface area contributed by atoms with E-state index < -0.39 is 0 Å². The van der Waals surface area contributed by atoms with E-state index in [0.717, 1.165) is 34.1 Å². The standard InChI is InChI=1S/C22H26N2O4S/c1-3-15(2)22(26)24-17-6-4-5-16(11-17)13-23-21(25)14-29-18-7-8-19-20(12-18)28-10-9-27-19/h4-8,11-12,15H,3,9-10,13-14H2,1-2H3,(H,23,25)(H,24,26). The van der Waals surface area contributed by atoms with E-state index in [1.807, 2.05) is 56.3 Å². The maximum absolute atomic E-state index is 12.2. The highest BCUT2D eigenvalue weighted by Gasteiger charge is 2.13. The number of thioether (sulfide) groups is 1. The third-order valence-corrected chi connectivity index (χ3v) is 5.62. The molecule has 0 saturated carbocycles. The Labute approximate surface area is 175 Å². The second kappa shape index (κ2) is 10.2. The molecule has 1 aliphatic heterocycles.